The van der Waals surface area contributed by atoms with Crippen molar-refractivity contribution in [2.75, 3.05) is 5.32 Å². The molecule has 2 saturated carbocycles. The Morgan fingerprint density at radius 1 is 1.15 bits per heavy atom. The molecule has 4 rings (SSSR count). The number of hydrogen-bond donors (Lipinski definition) is 2. The van der Waals surface area contributed by atoms with Gasteiger partial charge in [-0.2, -0.15) is 0 Å². The van der Waals surface area contributed by atoms with Crippen molar-refractivity contribution in [3.05, 3.63) is 47.7 Å². The minimum absolute atomic E-state index is 0.0339. The first-order valence-electron chi connectivity index (χ1n) is 9.54. The van der Waals surface area contributed by atoms with E-state index in [0.29, 0.717) is 34.0 Å². The lowest BCUT2D eigenvalue weighted by Gasteiger charge is -2.43. The quantitative estimate of drug-likeness (QED) is 0.805. The lowest BCUT2D eigenvalue weighted by molar-refractivity contribution is -0.122. The number of amides is 1. The molecular weight excluding hydrogens is 362 g/mol. The number of halogens is 1. The summed E-state index contributed by atoms with van der Waals surface area (Å²) in [5.74, 6) is 2.26. The van der Waals surface area contributed by atoms with Gasteiger partial charge in [-0.25, -0.2) is 0 Å². The number of fused-ring (bicyclic) bond motifs is 2. The Bertz CT molecular complexity index is 800. The van der Waals surface area contributed by atoms with E-state index in [4.69, 9.17) is 22.1 Å². The fraction of sp³-hybridized carbons (Fsp3) is 0.429. The van der Waals surface area contributed by atoms with Crippen LogP contribution in [0, 0.1) is 17.8 Å². The highest BCUT2D eigenvalue weighted by atomic mass is 35.5. The first-order valence-corrected chi connectivity index (χ1v) is 9.92. The summed E-state index contributed by atoms with van der Waals surface area (Å²) >= 11 is 6.34. The van der Waals surface area contributed by atoms with E-state index in [9.17, 15) is 4.79 Å². The standard InChI is InChI=1S/C21H24ClN3O2/c22-18-12-16(4-5-19(18)27-17-6-8-24-9-7-17)25-21(26)15-10-13-2-1-3-14(11-15)20(13)23/h4-9,12-15,20H,1-3,10-11,23H2,(H,25,26). The number of aromatic nitrogens is 1. The number of nitrogens with zero attached hydrogens (tertiary/aromatic N) is 1. The van der Waals surface area contributed by atoms with Crippen molar-refractivity contribution in [2.45, 2.75) is 38.1 Å². The molecule has 2 atom stereocenters. The number of carbonyl (C=O) groups excluding carboxylic acids is 1. The summed E-state index contributed by atoms with van der Waals surface area (Å²) in [6.07, 6.45) is 8.63. The molecule has 2 unspecified atom stereocenters. The van der Waals surface area contributed by atoms with Crippen molar-refractivity contribution in [1.82, 2.24) is 4.98 Å². The van der Waals surface area contributed by atoms with Gasteiger partial charge in [0.1, 0.15) is 11.5 Å². The third kappa shape index (κ3) is 4.09. The van der Waals surface area contributed by atoms with E-state index < -0.39 is 0 Å². The average Bonchev–Trinajstić information content (AvgIpc) is 2.64. The van der Waals surface area contributed by atoms with Crippen molar-refractivity contribution in [3.63, 3.8) is 0 Å². The Labute approximate surface area is 164 Å². The Morgan fingerprint density at radius 2 is 1.85 bits per heavy atom. The number of ether oxygens (including phenoxy) is 1. The van der Waals surface area contributed by atoms with Gasteiger partial charge < -0.3 is 15.8 Å². The van der Waals surface area contributed by atoms with Gasteiger partial charge in [-0.1, -0.05) is 18.0 Å². The molecule has 27 heavy (non-hydrogen) atoms. The second-order valence-electron chi connectivity index (χ2n) is 7.62. The number of rotatable bonds is 4. The maximum atomic E-state index is 12.8. The molecule has 0 spiro atoms. The van der Waals surface area contributed by atoms with Gasteiger partial charge in [0.15, 0.2) is 0 Å². The highest BCUT2D eigenvalue weighted by Crippen LogP contribution is 2.42. The van der Waals surface area contributed by atoms with E-state index in [2.05, 4.69) is 10.3 Å². The van der Waals surface area contributed by atoms with E-state index in [1.165, 1.54) is 6.42 Å². The van der Waals surface area contributed by atoms with Gasteiger partial charge in [-0.3, -0.25) is 9.78 Å². The number of pyridine rings is 1. The van der Waals surface area contributed by atoms with Crippen LogP contribution in [0.2, 0.25) is 5.02 Å². The SMILES string of the molecule is NC1C2CCCC1CC(C(=O)Nc1ccc(Oc3ccncc3)c(Cl)c1)C2. The van der Waals surface area contributed by atoms with Crippen LogP contribution in [-0.2, 0) is 4.79 Å². The van der Waals surface area contributed by atoms with E-state index in [0.717, 1.165) is 25.7 Å². The van der Waals surface area contributed by atoms with Crippen LogP contribution in [0.3, 0.4) is 0 Å². The summed E-state index contributed by atoms with van der Waals surface area (Å²) in [6, 6.07) is 9.10. The third-order valence-electron chi connectivity index (χ3n) is 5.86. The predicted molar refractivity (Wildman–Crippen MR) is 106 cm³/mol. The van der Waals surface area contributed by atoms with E-state index in [1.54, 1.807) is 36.7 Å². The number of benzene rings is 1. The summed E-state index contributed by atoms with van der Waals surface area (Å²) < 4.78 is 5.75. The Kier molecular flexibility index (Phi) is 5.32. The lowest BCUT2D eigenvalue weighted by Crippen LogP contribution is -2.48. The highest BCUT2D eigenvalue weighted by Gasteiger charge is 2.40. The molecular formula is C21H24ClN3O2. The Morgan fingerprint density at radius 3 is 2.52 bits per heavy atom. The first kappa shape index (κ1) is 18.3. The summed E-state index contributed by atoms with van der Waals surface area (Å²) in [6.45, 7) is 0. The molecule has 1 heterocycles. The first-order chi connectivity index (χ1) is 13.1. The normalized spacial score (nSPS) is 27.0. The van der Waals surface area contributed by atoms with Gasteiger partial charge >= 0.3 is 0 Å². The summed E-state index contributed by atoms with van der Waals surface area (Å²) in [5, 5.41) is 3.47. The summed E-state index contributed by atoms with van der Waals surface area (Å²) in [4.78, 5) is 16.7. The van der Waals surface area contributed by atoms with Crippen molar-refractivity contribution in [2.24, 2.45) is 23.5 Å². The number of nitrogens with one attached hydrogen (secondary N) is 1. The van der Waals surface area contributed by atoms with Gasteiger partial charge in [-0.05, 0) is 67.9 Å². The van der Waals surface area contributed by atoms with E-state index in [1.807, 2.05) is 6.07 Å². The molecule has 2 fully saturated rings. The zero-order valence-electron chi connectivity index (χ0n) is 15.1. The molecule has 3 N–H and O–H groups in total. The second kappa shape index (κ2) is 7.87. The molecule has 1 aromatic carbocycles. The molecule has 1 amide bonds. The van der Waals surface area contributed by atoms with Crippen molar-refractivity contribution >= 4 is 23.2 Å². The van der Waals surface area contributed by atoms with Gasteiger partial charge in [-0.15, -0.1) is 0 Å². The van der Waals surface area contributed by atoms with Crippen LogP contribution < -0.4 is 15.8 Å². The highest BCUT2D eigenvalue weighted by molar-refractivity contribution is 6.32. The van der Waals surface area contributed by atoms with Crippen LogP contribution in [0.5, 0.6) is 11.5 Å². The molecule has 1 aromatic heterocycles. The molecule has 0 aliphatic heterocycles. The van der Waals surface area contributed by atoms with Gasteiger partial charge in [0.25, 0.3) is 0 Å². The molecule has 0 radical (unpaired) electrons. The number of carbonyl (C=O) groups is 1. The average molecular weight is 386 g/mol. The van der Waals surface area contributed by atoms with Crippen LogP contribution in [0.4, 0.5) is 5.69 Å². The minimum Gasteiger partial charge on any atom is -0.456 e. The number of nitrogens with two attached hydrogens (primary N) is 1. The zero-order chi connectivity index (χ0) is 18.8. The lowest BCUT2D eigenvalue weighted by atomic mass is 9.65. The van der Waals surface area contributed by atoms with Crippen molar-refractivity contribution < 1.29 is 9.53 Å². The van der Waals surface area contributed by atoms with Crippen LogP contribution in [0.15, 0.2) is 42.7 Å². The van der Waals surface area contributed by atoms with Crippen LogP contribution in [0.25, 0.3) is 0 Å². The third-order valence-corrected chi connectivity index (χ3v) is 6.16. The molecule has 142 valence electrons. The predicted octanol–water partition coefficient (Wildman–Crippen LogP) is 4.62. The molecule has 0 saturated heterocycles. The monoisotopic (exact) mass is 385 g/mol. The maximum absolute atomic E-state index is 12.8. The second-order valence-corrected chi connectivity index (χ2v) is 8.02. The molecule has 2 aliphatic rings. The van der Waals surface area contributed by atoms with Crippen LogP contribution in [-0.4, -0.2) is 16.9 Å². The van der Waals surface area contributed by atoms with Gasteiger partial charge in [0.2, 0.25) is 5.91 Å². The fourth-order valence-corrected chi connectivity index (χ4v) is 4.66. The Hall–Kier alpha value is -2.11. The zero-order valence-corrected chi connectivity index (χ0v) is 15.9. The largest absolute Gasteiger partial charge is 0.456 e. The Balaban J connectivity index is 1.41. The topological polar surface area (TPSA) is 77.2 Å². The minimum atomic E-state index is 0.0339. The van der Waals surface area contributed by atoms with E-state index in [-0.39, 0.29) is 17.9 Å². The number of hydrogen-bond acceptors (Lipinski definition) is 4. The molecule has 2 bridgehead atoms. The van der Waals surface area contributed by atoms with Crippen molar-refractivity contribution in [1.29, 1.82) is 0 Å². The molecule has 2 aliphatic carbocycles. The number of anilines is 1. The van der Waals surface area contributed by atoms with Crippen LogP contribution in [0.1, 0.15) is 32.1 Å². The fourth-order valence-electron chi connectivity index (χ4n) is 4.44. The summed E-state index contributed by atoms with van der Waals surface area (Å²) in [5.41, 5.74) is 7.02. The van der Waals surface area contributed by atoms with E-state index >= 15 is 0 Å². The molecule has 5 nitrogen and oxygen atoms in total. The summed E-state index contributed by atoms with van der Waals surface area (Å²) in [7, 11) is 0. The van der Waals surface area contributed by atoms with Gasteiger partial charge in [0.05, 0.1) is 5.02 Å². The van der Waals surface area contributed by atoms with Gasteiger partial charge in [0, 0.05) is 30.0 Å². The smallest absolute Gasteiger partial charge is 0.227 e. The van der Waals surface area contributed by atoms with Crippen molar-refractivity contribution in [3.8, 4) is 11.5 Å². The molecule has 2 aromatic rings. The maximum Gasteiger partial charge on any atom is 0.227 e. The van der Waals surface area contributed by atoms with Crippen LogP contribution >= 0.6 is 11.6 Å². The molecule has 6 heteroatoms.